The average molecular weight is 462 g/mol. The molecule has 0 bridgehead atoms. The van der Waals surface area contributed by atoms with Crippen molar-refractivity contribution in [1.82, 2.24) is 0 Å². The maximum absolute atomic E-state index is 12.4. The lowest BCUT2D eigenvalue weighted by atomic mass is 10.1. The van der Waals surface area contributed by atoms with Gasteiger partial charge in [0.25, 0.3) is 11.6 Å². The number of unbranched alkanes of at least 4 members (excludes halogenated alkanes) is 3. The number of halogens is 2. The largest absolute Gasteiger partial charge is 0.490 e. The molecule has 0 aliphatic carbocycles. The predicted octanol–water partition coefficient (Wildman–Crippen LogP) is 6.41. The number of rotatable bonds is 10. The molecule has 0 radical (unpaired) electrons. The maximum Gasteiger partial charge on any atom is 0.271 e. The minimum absolute atomic E-state index is 0.177. The highest BCUT2D eigenvalue weighted by Gasteiger charge is 2.14. The molecule has 2 aromatic carbocycles. The van der Waals surface area contributed by atoms with Gasteiger partial charge in [0, 0.05) is 17.8 Å². The number of carbonyl (C=O) groups excluding carboxylic acids is 1. The van der Waals surface area contributed by atoms with Gasteiger partial charge in [0.2, 0.25) is 0 Å². The molecule has 7 nitrogen and oxygen atoms in total. The quantitative estimate of drug-likeness (QED) is 0.144. The Balaban J connectivity index is 2.14. The average Bonchev–Trinajstić information content (AvgIpc) is 2.73. The SMILES string of the molecule is CCCCCCOc1c(Cl)cc(/C=C(/C#N)C(=O)Nc2cccc([N+](=O)[O-])c2)cc1Cl. The number of nitrogens with one attached hydrogen (secondary N) is 1. The Morgan fingerprint density at radius 1 is 1.23 bits per heavy atom. The third-order valence-electron chi connectivity index (χ3n) is 4.26. The monoisotopic (exact) mass is 461 g/mol. The first-order chi connectivity index (χ1) is 14.8. The van der Waals surface area contributed by atoms with Gasteiger partial charge >= 0.3 is 0 Å². The van der Waals surface area contributed by atoms with Crippen molar-refractivity contribution in [1.29, 1.82) is 5.26 Å². The molecule has 31 heavy (non-hydrogen) atoms. The first-order valence-corrected chi connectivity index (χ1v) is 10.4. The number of ether oxygens (including phenoxy) is 1. The Kier molecular flexibility index (Phi) is 9.32. The minimum atomic E-state index is -0.716. The Labute approximate surface area is 190 Å². The number of non-ortho nitro benzene ring substituents is 1. The van der Waals surface area contributed by atoms with Crippen LogP contribution in [0.25, 0.3) is 6.08 Å². The first-order valence-electron chi connectivity index (χ1n) is 9.65. The molecular weight excluding hydrogens is 441 g/mol. The molecule has 0 aliphatic heterocycles. The van der Waals surface area contributed by atoms with E-state index < -0.39 is 10.8 Å². The number of nitriles is 1. The molecule has 0 heterocycles. The van der Waals surface area contributed by atoms with Crippen LogP contribution in [0.5, 0.6) is 5.75 Å². The van der Waals surface area contributed by atoms with Crippen LogP contribution in [-0.2, 0) is 4.79 Å². The summed E-state index contributed by atoms with van der Waals surface area (Å²) in [5.74, 6) is -0.358. The predicted molar refractivity (Wildman–Crippen MR) is 121 cm³/mol. The third-order valence-corrected chi connectivity index (χ3v) is 4.82. The van der Waals surface area contributed by atoms with E-state index in [0.717, 1.165) is 25.7 Å². The standard InChI is InChI=1S/C22H21Cl2N3O4/c1-2-3-4-5-9-31-21-19(23)11-15(12-20(21)24)10-16(14-25)22(28)26-17-7-6-8-18(13-17)27(29)30/h6-8,10-13H,2-5,9H2,1H3,(H,26,28)/b16-10-. The highest BCUT2D eigenvalue weighted by Crippen LogP contribution is 2.35. The number of carbonyl (C=O) groups is 1. The Hall–Kier alpha value is -3.08. The van der Waals surface area contributed by atoms with Gasteiger partial charge in [-0.3, -0.25) is 14.9 Å². The third kappa shape index (κ3) is 7.28. The highest BCUT2D eigenvalue weighted by molar-refractivity contribution is 6.37. The molecule has 2 aromatic rings. The second kappa shape index (κ2) is 11.9. The fourth-order valence-corrected chi connectivity index (χ4v) is 3.33. The van der Waals surface area contributed by atoms with Crippen LogP contribution in [0.1, 0.15) is 38.2 Å². The topological polar surface area (TPSA) is 105 Å². The van der Waals surface area contributed by atoms with E-state index in [0.29, 0.717) is 17.9 Å². The second-order valence-electron chi connectivity index (χ2n) is 6.65. The van der Waals surface area contributed by atoms with Crippen LogP contribution in [0.15, 0.2) is 42.0 Å². The lowest BCUT2D eigenvalue weighted by molar-refractivity contribution is -0.384. The summed E-state index contributed by atoms with van der Waals surface area (Å²) in [5.41, 5.74) is 0.248. The molecule has 0 saturated carbocycles. The number of amides is 1. The molecule has 0 unspecified atom stereocenters. The minimum Gasteiger partial charge on any atom is -0.490 e. The Morgan fingerprint density at radius 2 is 1.94 bits per heavy atom. The summed E-state index contributed by atoms with van der Waals surface area (Å²) >= 11 is 12.5. The zero-order chi connectivity index (χ0) is 22.8. The molecule has 0 spiro atoms. The van der Waals surface area contributed by atoms with Gasteiger partial charge < -0.3 is 10.1 Å². The molecule has 2 rings (SSSR count). The van der Waals surface area contributed by atoms with Crippen LogP contribution in [0.4, 0.5) is 11.4 Å². The van der Waals surface area contributed by atoms with Crippen LogP contribution < -0.4 is 10.1 Å². The van der Waals surface area contributed by atoms with E-state index in [9.17, 15) is 20.2 Å². The lowest BCUT2D eigenvalue weighted by Gasteiger charge is -2.11. The number of nitrogens with zero attached hydrogens (tertiary/aromatic N) is 2. The van der Waals surface area contributed by atoms with Crippen LogP contribution in [0, 0.1) is 21.4 Å². The van der Waals surface area contributed by atoms with Gasteiger partial charge in [-0.1, -0.05) is 55.5 Å². The fraction of sp³-hybridized carbons (Fsp3) is 0.273. The summed E-state index contributed by atoms with van der Waals surface area (Å²) in [6.45, 7) is 2.62. The van der Waals surface area contributed by atoms with Gasteiger partial charge in [-0.05, 0) is 36.3 Å². The molecule has 0 aromatic heterocycles. The molecule has 1 amide bonds. The zero-order valence-electron chi connectivity index (χ0n) is 16.9. The van der Waals surface area contributed by atoms with Gasteiger partial charge in [-0.2, -0.15) is 5.26 Å². The molecule has 9 heteroatoms. The number of nitro benzene ring substituents is 1. The van der Waals surface area contributed by atoms with Crippen LogP contribution >= 0.6 is 23.2 Å². The Bertz CT molecular complexity index is 1010. The molecule has 0 aliphatic rings. The highest BCUT2D eigenvalue weighted by atomic mass is 35.5. The van der Waals surface area contributed by atoms with Crippen LogP contribution in [-0.4, -0.2) is 17.4 Å². The van der Waals surface area contributed by atoms with E-state index in [4.69, 9.17) is 27.9 Å². The van der Waals surface area contributed by atoms with Crippen molar-refractivity contribution in [3.8, 4) is 11.8 Å². The Morgan fingerprint density at radius 3 is 2.55 bits per heavy atom. The van der Waals surface area contributed by atoms with E-state index >= 15 is 0 Å². The van der Waals surface area contributed by atoms with Gasteiger partial charge in [0.15, 0.2) is 5.75 Å². The van der Waals surface area contributed by atoms with Crippen molar-refractivity contribution in [2.24, 2.45) is 0 Å². The van der Waals surface area contributed by atoms with Crippen molar-refractivity contribution >= 4 is 46.6 Å². The van der Waals surface area contributed by atoms with E-state index in [-0.39, 0.29) is 27.0 Å². The number of hydrogen-bond acceptors (Lipinski definition) is 5. The molecule has 162 valence electrons. The number of hydrogen-bond donors (Lipinski definition) is 1. The van der Waals surface area contributed by atoms with Crippen molar-refractivity contribution in [2.45, 2.75) is 32.6 Å². The van der Waals surface area contributed by atoms with Gasteiger partial charge in [0.1, 0.15) is 11.6 Å². The van der Waals surface area contributed by atoms with Crippen molar-refractivity contribution in [3.05, 3.63) is 67.7 Å². The number of nitro groups is 1. The van der Waals surface area contributed by atoms with Gasteiger partial charge in [0.05, 0.1) is 21.6 Å². The summed E-state index contributed by atoms with van der Waals surface area (Å²) in [4.78, 5) is 22.7. The van der Waals surface area contributed by atoms with Gasteiger partial charge in [-0.15, -0.1) is 0 Å². The molecule has 1 N–H and O–H groups in total. The van der Waals surface area contributed by atoms with E-state index in [1.807, 2.05) is 6.07 Å². The number of benzene rings is 2. The maximum atomic E-state index is 12.4. The zero-order valence-corrected chi connectivity index (χ0v) is 18.4. The summed E-state index contributed by atoms with van der Waals surface area (Å²) in [6.07, 6.45) is 5.52. The molecule has 0 atom stereocenters. The smallest absolute Gasteiger partial charge is 0.271 e. The first kappa shape index (κ1) is 24.2. The van der Waals surface area contributed by atoms with Crippen LogP contribution in [0.2, 0.25) is 10.0 Å². The second-order valence-corrected chi connectivity index (χ2v) is 7.47. The van der Waals surface area contributed by atoms with Crippen molar-refractivity contribution in [2.75, 3.05) is 11.9 Å². The fourth-order valence-electron chi connectivity index (χ4n) is 2.71. The van der Waals surface area contributed by atoms with E-state index in [2.05, 4.69) is 12.2 Å². The van der Waals surface area contributed by atoms with Crippen molar-refractivity contribution in [3.63, 3.8) is 0 Å². The van der Waals surface area contributed by atoms with Crippen LogP contribution in [0.3, 0.4) is 0 Å². The molecular formula is C22H21Cl2N3O4. The van der Waals surface area contributed by atoms with E-state index in [1.54, 1.807) is 12.1 Å². The summed E-state index contributed by atoms with van der Waals surface area (Å²) in [5, 5.41) is 23.3. The summed E-state index contributed by atoms with van der Waals surface area (Å²) in [7, 11) is 0. The normalized spacial score (nSPS) is 11.0. The summed E-state index contributed by atoms with van der Waals surface area (Å²) in [6, 6.07) is 10.3. The summed E-state index contributed by atoms with van der Waals surface area (Å²) < 4.78 is 5.67. The molecule has 0 saturated heterocycles. The number of anilines is 1. The van der Waals surface area contributed by atoms with Crippen molar-refractivity contribution < 1.29 is 14.5 Å². The van der Waals surface area contributed by atoms with Gasteiger partial charge in [-0.25, -0.2) is 0 Å². The lowest BCUT2D eigenvalue weighted by Crippen LogP contribution is -2.13. The van der Waals surface area contributed by atoms with E-state index in [1.165, 1.54) is 30.3 Å². The molecule has 0 fully saturated rings.